The van der Waals surface area contributed by atoms with Gasteiger partial charge in [0.15, 0.2) is 17.3 Å². The highest BCUT2D eigenvalue weighted by Crippen LogP contribution is 2.33. The zero-order valence-corrected chi connectivity index (χ0v) is 28.0. The number of fused-ring (bicyclic) bond motifs is 1. The number of nitrogens with zero attached hydrogens (tertiary/aromatic N) is 8. The van der Waals surface area contributed by atoms with E-state index in [9.17, 15) is 32.7 Å². The fourth-order valence-corrected chi connectivity index (χ4v) is 6.14. The lowest BCUT2D eigenvalue weighted by Crippen LogP contribution is -2.53. The average molecular weight is 701 g/mol. The summed E-state index contributed by atoms with van der Waals surface area (Å²) in [5.74, 6) is -1.75. The lowest BCUT2D eigenvalue weighted by molar-refractivity contribution is -0.137. The van der Waals surface area contributed by atoms with Gasteiger partial charge in [-0.15, -0.1) is 5.10 Å². The van der Waals surface area contributed by atoms with Gasteiger partial charge in [-0.3, -0.25) is 14.4 Å². The van der Waals surface area contributed by atoms with Crippen molar-refractivity contribution >= 4 is 50.2 Å². The summed E-state index contributed by atoms with van der Waals surface area (Å²) < 4.78 is 47.6. The SMILES string of the molecule is [B]C([B])(C(=O)Nc1ccc(C(F)(F)F)cc1C)n1c(CC)c(N2CCN(C(=O)c3ncnc(C)c3O)CC2)c(=O)n2nc(C3=CCOCC3)nc12. The van der Waals surface area contributed by atoms with Gasteiger partial charge < -0.3 is 29.5 Å². The number of anilines is 2. The molecule has 0 saturated carbocycles. The Hall–Kier alpha value is -5.19. The molecule has 2 N–H and O–H groups in total. The summed E-state index contributed by atoms with van der Waals surface area (Å²) in [5, 5.41) is 15.0. The van der Waals surface area contributed by atoms with E-state index in [-0.39, 0.29) is 84.0 Å². The van der Waals surface area contributed by atoms with E-state index in [1.54, 1.807) is 24.8 Å². The molecule has 0 unspecified atom stereocenters. The summed E-state index contributed by atoms with van der Waals surface area (Å²) >= 11 is 0. The number of rotatable bonds is 7. The van der Waals surface area contributed by atoms with Crippen molar-refractivity contribution in [2.75, 3.05) is 49.6 Å². The number of ether oxygens (including phenoxy) is 1. The second-order valence-electron chi connectivity index (χ2n) is 12.2. The fraction of sp³-hybridized carbons (Fsp3) is 0.406. The fourth-order valence-electron chi connectivity index (χ4n) is 6.14. The van der Waals surface area contributed by atoms with Gasteiger partial charge in [-0.25, -0.2) is 9.97 Å². The number of hydrogen-bond donors (Lipinski definition) is 2. The van der Waals surface area contributed by atoms with Gasteiger partial charge >= 0.3 is 6.18 Å². The predicted octanol–water partition coefficient (Wildman–Crippen LogP) is 1.94. The number of nitrogens with one attached hydrogen (secondary N) is 1. The minimum absolute atomic E-state index is 0.0452. The van der Waals surface area contributed by atoms with Crippen LogP contribution in [0.15, 0.2) is 35.4 Å². The molecular formula is C32H32B2F3N9O5. The summed E-state index contributed by atoms with van der Waals surface area (Å²) in [6.07, 6.45) is -1.03. The Balaban J connectivity index is 1.41. The first-order valence-corrected chi connectivity index (χ1v) is 16.1. The third-order valence-corrected chi connectivity index (χ3v) is 8.94. The summed E-state index contributed by atoms with van der Waals surface area (Å²) in [6.45, 7) is 5.99. The van der Waals surface area contributed by atoms with Gasteiger partial charge in [-0.05, 0) is 56.0 Å². The highest BCUT2D eigenvalue weighted by molar-refractivity contribution is 6.50. The molecule has 2 aliphatic heterocycles. The minimum Gasteiger partial charge on any atom is -0.504 e. The van der Waals surface area contributed by atoms with Crippen LogP contribution in [-0.4, -0.2) is 106 Å². The van der Waals surface area contributed by atoms with Gasteiger partial charge in [-0.2, -0.15) is 22.7 Å². The van der Waals surface area contributed by atoms with Crippen LogP contribution >= 0.6 is 0 Å². The Morgan fingerprint density at radius 2 is 1.82 bits per heavy atom. The number of alkyl halides is 3. The van der Waals surface area contributed by atoms with Crippen LogP contribution in [0, 0.1) is 13.8 Å². The van der Waals surface area contributed by atoms with Crippen molar-refractivity contribution in [3.8, 4) is 5.75 Å². The topological polar surface area (TPSA) is 160 Å². The maximum atomic E-state index is 14.3. The number of halogens is 3. The van der Waals surface area contributed by atoms with E-state index in [1.807, 2.05) is 0 Å². The molecule has 0 bridgehead atoms. The summed E-state index contributed by atoms with van der Waals surface area (Å²) in [7, 11) is 13.3. The molecule has 6 rings (SSSR count). The number of benzene rings is 1. The van der Waals surface area contributed by atoms with Crippen LogP contribution in [0.3, 0.4) is 0 Å². The van der Waals surface area contributed by atoms with Crippen molar-refractivity contribution in [3.05, 3.63) is 75.0 Å². The molecule has 1 aromatic carbocycles. The number of piperazine rings is 1. The Kier molecular flexibility index (Phi) is 9.43. The molecule has 2 amide bonds. The molecule has 5 heterocycles. The van der Waals surface area contributed by atoms with Gasteiger partial charge in [0.2, 0.25) is 11.7 Å². The van der Waals surface area contributed by atoms with Crippen molar-refractivity contribution in [2.45, 2.75) is 45.1 Å². The molecule has 4 aromatic rings. The maximum absolute atomic E-state index is 14.3. The number of aromatic hydroxyl groups is 1. The number of aromatic nitrogens is 6. The average Bonchev–Trinajstić information content (AvgIpc) is 3.55. The van der Waals surface area contributed by atoms with Crippen LogP contribution < -0.4 is 15.8 Å². The van der Waals surface area contributed by atoms with Crippen LogP contribution in [0.4, 0.5) is 24.5 Å². The third kappa shape index (κ3) is 6.57. The van der Waals surface area contributed by atoms with Crippen LogP contribution in [0.2, 0.25) is 0 Å². The largest absolute Gasteiger partial charge is 0.504 e. The van der Waals surface area contributed by atoms with E-state index >= 15 is 0 Å². The molecule has 19 heteroatoms. The second-order valence-corrected chi connectivity index (χ2v) is 12.2. The Labute approximate surface area is 292 Å². The molecule has 4 radical (unpaired) electrons. The number of carbonyl (C=O) groups is 2. The summed E-state index contributed by atoms with van der Waals surface area (Å²) in [5.41, 5.74) is -0.131. The Bertz CT molecular complexity index is 2130. The van der Waals surface area contributed by atoms with Gasteiger partial charge in [-0.1, -0.05) is 13.0 Å². The lowest BCUT2D eigenvalue weighted by Gasteiger charge is -2.38. The van der Waals surface area contributed by atoms with Crippen LogP contribution in [0.5, 0.6) is 5.75 Å². The van der Waals surface area contributed by atoms with E-state index in [0.717, 1.165) is 22.7 Å². The van der Waals surface area contributed by atoms with Crippen molar-refractivity contribution in [1.82, 2.24) is 34.0 Å². The third-order valence-electron chi connectivity index (χ3n) is 8.94. The molecule has 262 valence electrons. The first kappa shape index (κ1) is 35.6. The van der Waals surface area contributed by atoms with Crippen molar-refractivity contribution in [3.63, 3.8) is 0 Å². The zero-order chi connectivity index (χ0) is 36.8. The predicted molar refractivity (Wildman–Crippen MR) is 181 cm³/mol. The molecular weight excluding hydrogens is 669 g/mol. The van der Waals surface area contributed by atoms with Gasteiger partial charge in [0.05, 0.1) is 24.5 Å². The van der Waals surface area contributed by atoms with Gasteiger partial charge in [0.1, 0.15) is 27.7 Å². The van der Waals surface area contributed by atoms with Crippen molar-refractivity contribution < 1.29 is 32.6 Å². The first-order chi connectivity index (χ1) is 24.1. The Morgan fingerprint density at radius 3 is 2.45 bits per heavy atom. The molecule has 3 aromatic heterocycles. The van der Waals surface area contributed by atoms with Gasteiger partial charge in [0.25, 0.3) is 11.5 Å². The molecule has 14 nitrogen and oxygen atoms in total. The zero-order valence-electron chi connectivity index (χ0n) is 28.0. The Morgan fingerprint density at radius 1 is 1.10 bits per heavy atom. The monoisotopic (exact) mass is 701 g/mol. The highest BCUT2D eigenvalue weighted by atomic mass is 19.4. The molecule has 2 aliphatic rings. The standard InChI is InChI=1S/C32H32B2F3N9O5/c1-4-22-24(43-9-11-44(12-10-43)27(48)23-25(47)18(3)38-16-39-23)28(49)46-30(41-26(42-46)19-7-13-51-14-8-19)45(22)31(33,34)29(50)40-21-6-5-20(15-17(21)2)32(35,36)37/h5-7,15-16,47H,4,8-14H2,1-3H3,(H,40,50). The lowest BCUT2D eigenvalue weighted by atomic mass is 9.60. The molecule has 0 atom stereocenters. The highest BCUT2D eigenvalue weighted by Gasteiger charge is 2.37. The summed E-state index contributed by atoms with van der Waals surface area (Å²) in [6, 6.07) is 2.82. The second kappa shape index (κ2) is 13.5. The number of aryl methyl sites for hydroxylation is 2. The smallest absolute Gasteiger partial charge is 0.416 e. The van der Waals surface area contributed by atoms with Crippen molar-refractivity contribution in [1.29, 1.82) is 0 Å². The molecule has 1 saturated heterocycles. The quantitative estimate of drug-likeness (QED) is 0.273. The molecule has 0 aliphatic carbocycles. The maximum Gasteiger partial charge on any atom is 0.416 e. The van der Waals surface area contributed by atoms with Crippen LogP contribution in [0.1, 0.15) is 52.2 Å². The first-order valence-electron chi connectivity index (χ1n) is 16.1. The van der Waals surface area contributed by atoms with Crippen molar-refractivity contribution in [2.24, 2.45) is 0 Å². The van der Waals surface area contributed by atoms with E-state index in [4.69, 9.17) is 20.4 Å². The van der Waals surface area contributed by atoms with E-state index < -0.39 is 34.5 Å². The minimum atomic E-state index is -4.59. The van der Waals surface area contributed by atoms with E-state index in [2.05, 4.69) is 25.4 Å². The molecule has 1 fully saturated rings. The van der Waals surface area contributed by atoms with Crippen LogP contribution in [0.25, 0.3) is 11.4 Å². The van der Waals surface area contributed by atoms with E-state index in [0.29, 0.717) is 25.2 Å². The van der Waals surface area contributed by atoms with Crippen LogP contribution in [-0.2, 0) is 27.5 Å². The van der Waals surface area contributed by atoms with Gasteiger partial charge in [0, 0.05) is 42.9 Å². The number of carbonyl (C=O) groups excluding carboxylic acids is 2. The number of amides is 2. The number of hydrogen-bond acceptors (Lipinski definition) is 10. The van der Waals surface area contributed by atoms with E-state index in [1.165, 1.54) is 22.7 Å². The normalized spacial score (nSPS) is 15.6. The molecule has 0 spiro atoms. The summed E-state index contributed by atoms with van der Waals surface area (Å²) in [4.78, 5) is 57.1. The molecule has 51 heavy (non-hydrogen) atoms.